The van der Waals surface area contributed by atoms with Crippen molar-refractivity contribution in [2.24, 2.45) is 0 Å². The molecule has 0 unspecified atom stereocenters. The highest BCUT2D eigenvalue weighted by molar-refractivity contribution is 6.30. The molecule has 154 valence electrons. The van der Waals surface area contributed by atoms with E-state index in [-0.39, 0.29) is 5.91 Å². The lowest BCUT2D eigenvalue weighted by molar-refractivity contribution is 0.0746. The lowest BCUT2D eigenvalue weighted by atomic mass is 10.2. The van der Waals surface area contributed by atoms with E-state index >= 15 is 0 Å². The monoisotopic (exact) mass is 414 g/mol. The van der Waals surface area contributed by atoms with E-state index in [9.17, 15) is 4.79 Å². The Morgan fingerprint density at radius 1 is 0.897 bits per heavy atom. The summed E-state index contributed by atoms with van der Waals surface area (Å²) in [5.41, 5.74) is 1.65. The number of aromatic nitrogens is 2. The molecule has 0 radical (unpaired) electrons. The van der Waals surface area contributed by atoms with Crippen molar-refractivity contribution < 1.29 is 4.79 Å². The average Bonchev–Trinajstić information content (AvgIpc) is 2.74. The maximum atomic E-state index is 12.7. The van der Waals surface area contributed by atoms with E-state index in [2.05, 4.69) is 32.8 Å². The van der Waals surface area contributed by atoms with E-state index in [1.54, 1.807) is 24.3 Å². The predicted molar refractivity (Wildman–Crippen MR) is 116 cm³/mol. The van der Waals surface area contributed by atoms with Gasteiger partial charge in [-0.3, -0.25) is 4.79 Å². The van der Waals surface area contributed by atoms with E-state index in [4.69, 9.17) is 16.6 Å². The van der Waals surface area contributed by atoms with Crippen molar-refractivity contribution in [2.45, 2.75) is 6.92 Å². The van der Waals surface area contributed by atoms with Crippen LogP contribution >= 0.6 is 11.6 Å². The third-order valence-electron chi connectivity index (χ3n) is 5.60. The number of piperazine rings is 2. The molecule has 2 fully saturated rings. The molecule has 2 saturated heterocycles. The van der Waals surface area contributed by atoms with E-state index in [0.717, 1.165) is 56.7 Å². The second kappa shape index (κ2) is 8.55. The number of carbonyl (C=O) groups excluding carboxylic acids is 1. The van der Waals surface area contributed by atoms with Gasteiger partial charge in [0.25, 0.3) is 5.91 Å². The van der Waals surface area contributed by atoms with Gasteiger partial charge in [-0.25, -0.2) is 4.98 Å². The van der Waals surface area contributed by atoms with E-state index in [1.165, 1.54) is 0 Å². The van der Waals surface area contributed by atoms with Crippen LogP contribution in [0.2, 0.25) is 5.02 Å². The van der Waals surface area contributed by atoms with Crippen molar-refractivity contribution >= 4 is 29.3 Å². The lowest BCUT2D eigenvalue weighted by Crippen LogP contribution is -2.49. The molecule has 1 aromatic carbocycles. The number of hydrogen-bond acceptors (Lipinski definition) is 6. The Morgan fingerprint density at radius 3 is 2.17 bits per heavy atom. The van der Waals surface area contributed by atoms with E-state index < -0.39 is 0 Å². The molecular weight excluding hydrogens is 388 g/mol. The van der Waals surface area contributed by atoms with Gasteiger partial charge in [-0.15, -0.1) is 0 Å². The molecule has 0 aliphatic carbocycles. The van der Waals surface area contributed by atoms with Crippen molar-refractivity contribution in [3.8, 4) is 0 Å². The molecule has 1 aromatic heterocycles. The van der Waals surface area contributed by atoms with Crippen LogP contribution in [0.25, 0.3) is 0 Å². The third-order valence-corrected chi connectivity index (χ3v) is 5.85. The predicted octanol–water partition coefficient (Wildman–Crippen LogP) is 2.15. The van der Waals surface area contributed by atoms with Gasteiger partial charge in [-0.05, 0) is 38.2 Å². The minimum absolute atomic E-state index is 0.0459. The molecule has 8 heteroatoms. The van der Waals surface area contributed by atoms with Gasteiger partial charge in [0.15, 0.2) is 0 Å². The van der Waals surface area contributed by atoms with Gasteiger partial charge in [0, 0.05) is 74.7 Å². The number of benzene rings is 1. The Balaban J connectivity index is 1.41. The molecular formula is C21H27ClN6O. The van der Waals surface area contributed by atoms with Crippen LogP contribution in [0.15, 0.2) is 30.3 Å². The summed E-state index contributed by atoms with van der Waals surface area (Å²) in [6.07, 6.45) is 0. The van der Waals surface area contributed by atoms with Gasteiger partial charge in [-0.1, -0.05) is 11.6 Å². The topological polar surface area (TPSA) is 55.8 Å². The first-order chi connectivity index (χ1) is 14.0. The number of anilines is 2. The summed E-state index contributed by atoms with van der Waals surface area (Å²) in [5, 5.41) is 0.638. The number of halogens is 1. The Bertz CT molecular complexity index is 858. The van der Waals surface area contributed by atoms with Crippen LogP contribution in [-0.2, 0) is 0 Å². The van der Waals surface area contributed by atoms with Gasteiger partial charge < -0.3 is 19.6 Å². The number of rotatable bonds is 3. The van der Waals surface area contributed by atoms with Crippen molar-refractivity contribution in [3.05, 3.63) is 46.6 Å². The van der Waals surface area contributed by atoms with Crippen LogP contribution in [0.5, 0.6) is 0 Å². The second-order valence-corrected chi connectivity index (χ2v) is 8.18. The molecule has 1 amide bonds. The number of nitrogens with zero attached hydrogens (tertiary/aromatic N) is 6. The number of aryl methyl sites for hydroxylation is 1. The minimum Gasteiger partial charge on any atom is -0.354 e. The number of likely N-dealkylation sites (N-methyl/N-ethyl adjacent to an activating group) is 1. The normalized spacial score (nSPS) is 18.2. The molecule has 0 atom stereocenters. The van der Waals surface area contributed by atoms with Crippen LogP contribution in [0, 0.1) is 6.92 Å². The summed E-state index contributed by atoms with van der Waals surface area (Å²) in [6, 6.07) is 9.14. The molecule has 2 aromatic rings. The zero-order valence-electron chi connectivity index (χ0n) is 17.0. The standard InChI is InChI=1S/C21H27ClN6O/c1-16-15-19(26-9-7-25(2)8-10-26)24-21(23-16)28-13-11-27(12-14-28)20(29)17-3-5-18(22)6-4-17/h3-6,15H,7-14H2,1-2H3. The molecule has 3 heterocycles. The smallest absolute Gasteiger partial charge is 0.253 e. The highest BCUT2D eigenvalue weighted by Crippen LogP contribution is 2.20. The van der Waals surface area contributed by atoms with Gasteiger partial charge >= 0.3 is 0 Å². The van der Waals surface area contributed by atoms with E-state index in [0.29, 0.717) is 23.7 Å². The lowest BCUT2D eigenvalue weighted by Gasteiger charge is -2.36. The van der Waals surface area contributed by atoms with Crippen LogP contribution in [0.1, 0.15) is 16.1 Å². The molecule has 4 rings (SSSR count). The quantitative estimate of drug-likeness (QED) is 0.767. The Labute approximate surface area is 176 Å². The van der Waals surface area contributed by atoms with Crippen LogP contribution in [0.3, 0.4) is 0 Å². The molecule has 2 aliphatic heterocycles. The molecule has 7 nitrogen and oxygen atoms in total. The number of carbonyl (C=O) groups is 1. The number of hydrogen-bond donors (Lipinski definition) is 0. The first-order valence-electron chi connectivity index (χ1n) is 10.1. The van der Waals surface area contributed by atoms with Crippen molar-refractivity contribution in [1.29, 1.82) is 0 Å². The molecule has 29 heavy (non-hydrogen) atoms. The van der Waals surface area contributed by atoms with Crippen LogP contribution in [0.4, 0.5) is 11.8 Å². The largest absolute Gasteiger partial charge is 0.354 e. The fraction of sp³-hybridized carbons (Fsp3) is 0.476. The molecule has 0 bridgehead atoms. The fourth-order valence-corrected chi connectivity index (χ4v) is 3.89. The van der Waals surface area contributed by atoms with Crippen LogP contribution in [-0.4, -0.2) is 85.1 Å². The maximum Gasteiger partial charge on any atom is 0.253 e. The summed E-state index contributed by atoms with van der Waals surface area (Å²) < 4.78 is 0. The molecule has 0 saturated carbocycles. The molecule has 2 aliphatic rings. The Hall–Kier alpha value is -2.38. The molecule has 0 spiro atoms. The first-order valence-corrected chi connectivity index (χ1v) is 10.5. The Morgan fingerprint density at radius 2 is 1.52 bits per heavy atom. The van der Waals surface area contributed by atoms with Gasteiger partial charge in [0.2, 0.25) is 5.95 Å². The average molecular weight is 415 g/mol. The summed E-state index contributed by atoms with van der Waals surface area (Å²) in [6.45, 7) is 8.84. The summed E-state index contributed by atoms with van der Waals surface area (Å²) in [4.78, 5) is 31.0. The summed E-state index contributed by atoms with van der Waals surface area (Å²) >= 11 is 5.93. The van der Waals surface area contributed by atoms with Crippen molar-refractivity contribution in [1.82, 2.24) is 19.8 Å². The maximum absolute atomic E-state index is 12.7. The van der Waals surface area contributed by atoms with Gasteiger partial charge in [-0.2, -0.15) is 4.98 Å². The molecule has 0 N–H and O–H groups in total. The zero-order valence-corrected chi connectivity index (χ0v) is 17.8. The Kier molecular flexibility index (Phi) is 5.87. The van der Waals surface area contributed by atoms with E-state index in [1.807, 2.05) is 11.8 Å². The first kappa shape index (κ1) is 19.9. The minimum atomic E-state index is 0.0459. The third kappa shape index (κ3) is 4.62. The number of amides is 1. The van der Waals surface area contributed by atoms with Gasteiger partial charge in [0.05, 0.1) is 0 Å². The SMILES string of the molecule is Cc1cc(N2CCN(C)CC2)nc(N2CCN(C(=O)c3ccc(Cl)cc3)CC2)n1. The van der Waals surface area contributed by atoms with Crippen molar-refractivity contribution in [3.63, 3.8) is 0 Å². The van der Waals surface area contributed by atoms with Crippen molar-refractivity contribution in [2.75, 3.05) is 69.2 Å². The van der Waals surface area contributed by atoms with Gasteiger partial charge in [0.1, 0.15) is 5.82 Å². The second-order valence-electron chi connectivity index (χ2n) is 7.74. The summed E-state index contributed by atoms with van der Waals surface area (Å²) in [7, 11) is 2.15. The highest BCUT2D eigenvalue weighted by Gasteiger charge is 2.25. The van der Waals surface area contributed by atoms with Crippen LogP contribution < -0.4 is 9.80 Å². The fourth-order valence-electron chi connectivity index (χ4n) is 3.76. The summed E-state index contributed by atoms with van der Waals surface area (Å²) in [5.74, 6) is 1.81. The zero-order chi connectivity index (χ0) is 20.4. The highest BCUT2D eigenvalue weighted by atomic mass is 35.5.